The molecule has 2 rings (SSSR count). The van der Waals surface area contributed by atoms with Gasteiger partial charge in [-0.25, -0.2) is 0 Å². The van der Waals surface area contributed by atoms with Crippen LogP contribution in [0.5, 0.6) is 5.75 Å². The van der Waals surface area contributed by atoms with Crippen LogP contribution in [-0.2, 0) is 0 Å². The summed E-state index contributed by atoms with van der Waals surface area (Å²) in [5, 5.41) is 14.7. The fourth-order valence-electron chi connectivity index (χ4n) is 1.95. The number of rotatable bonds is 5. The third kappa shape index (κ3) is 2.96. The van der Waals surface area contributed by atoms with Crippen molar-refractivity contribution in [1.82, 2.24) is 9.78 Å². The highest BCUT2D eigenvalue weighted by molar-refractivity contribution is 5.39. The topological polar surface area (TPSA) is 47.3 Å². The number of nitrogens with zero attached hydrogens (tertiary/aromatic N) is 2. The number of aliphatic hydroxyl groups excluding tert-OH is 1. The van der Waals surface area contributed by atoms with Crippen LogP contribution in [0.2, 0.25) is 0 Å². The zero-order valence-corrected chi connectivity index (χ0v) is 11.6. The van der Waals surface area contributed by atoms with Gasteiger partial charge in [-0.05, 0) is 26.8 Å². The van der Waals surface area contributed by atoms with Gasteiger partial charge in [-0.15, -0.1) is 0 Å². The van der Waals surface area contributed by atoms with Crippen molar-refractivity contribution in [2.24, 2.45) is 0 Å². The predicted molar refractivity (Wildman–Crippen MR) is 74.3 cm³/mol. The first kappa shape index (κ1) is 13.6. The molecule has 0 saturated heterocycles. The van der Waals surface area contributed by atoms with E-state index < -0.39 is 6.10 Å². The molecule has 1 unspecified atom stereocenters. The summed E-state index contributed by atoms with van der Waals surface area (Å²) in [5.74, 6) is 0.717. The summed E-state index contributed by atoms with van der Waals surface area (Å²) >= 11 is 0. The molecule has 0 saturated carbocycles. The fraction of sp³-hybridized carbons (Fsp3) is 0.400. The number of aliphatic hydroxyl groups is 1. The molecule has 0 aliphatic heterocycles. The molecule has 0 aliphatic rings. The molecular weight excluding hydrogens is 240 g/mol. The van der Waals surface area contributed by atoms with E-state index >= 15 is 0 Å². The Morgan fingerprint density at radius 2 is 2.05 bits per heavy atom. The smallest absolute Gasteiger partial charge is 0.125 e. The third-order valence-electron chi connectivity index (χ3n) is 2.98. The monoisotopic (exact) mass is 260 g/mol. The largest absolute Gasteiger partial charge is 0.493 e. The Hall–Kier alpha value is -1.81. The molecule has 4 heteroatoms. The van der Waals surface area contributed by atoms with Crippen LogP contribution in [-0.4, -0.2) is 21.5 Å². The second-order valence-corrected chi connectivity index (χ2v) is 4.72. The van der Waals surface area contributed by atoms with Gasteiger partial charge in [0, 0.05) is 23.4 Å². The van der Waals surface area contributed by atoms with E-state index in [4.69, 9.17) is 4.74 Å². The van der Waals surface area contributed by atoms with Crippen molar-refractivity contribution in [3.8, 4) is 5.75 Å². The highest BCUT2D eigenvalue weighted by Crippen LogP contribution is 2.29. The van der Waals surface area contributed by atoms with Crippen LogP contribution in [0.15, 0.2) is 36.7 Å². The second-order valence-electron chi connectivity index (χ2n) is 4.72. The number of benzene rings is 1. The maximum Gasteiger partial charge on any atom is 0.125 e. The fourth-order valence-corrected chi connectivity index (χ4v) is 1.95. The van der Waals surface area contributed by atoms with Crippen LogP contribution in [0.3, 0.4) is 0 Å². The Labute approximate surface area is 113 Å². The lowest BCUT2D eigenvalue weighted by atomic mass is 10.0. The van der Waals surface area contributed by atoms with Crippen molar-refractivity contribution < 1.29 is 9.84 Å². The molecule has 1 aromatic heterocycles. The third-order valence-corrected chi connectivity index (χ3v) is 2.98. The minimum absolute atomic E-state index is 0.281. The number of hydrogen-bond donors (Lipinski definition) is 1. The Balaban J connectivity index is 2.29. The van der Waals surface area contributed by atoms with E-state index in [-0.39, 0.29) is 6.04 Å². The molecular formula is C15H20N2O2. The lowest BCUT2D eigenvalue weighted by molar-refractivity contribution is 0.212. The quantitative estimate of drug-likeness (QED) is 0.899. The van der Waals surface area contributed by atoms with Crippen LogP contribution in [0.25, 0.3) is 0 Å². The number of para-hydroxylation sites is 1. The van der Waals surface area contributed by atoms with E-state index in [1.165, 1.54) is 0 Å². The first-order valence-corrected chi connectivity index (χ1v) is 6.57. The summed E-state index contributed by atoms with van der Waals surface area (Å²) < 4.78 is 7.38. The minimum Gasteiger partial charge on any atom is -0.493 e. The molecule has 0 amide bonds. The summed E-state index contributed by atoms with van der Waals surface area (Å²) in [6.45, 7) is 6.61. The van der Waals surface area contributed by atoms with Gasteiger partial charge >= 0.3 is 0 Å². The normalized spacial score (nSPS) is 12.7. The second kappa shape index (κ2) is 5.89. The molecule has 0 aliphatic carbocycles. The van der Waals surface area contributed by atoms with Crippen LogP contribution in [0.1, 0.15) is 44.0 Å². The molecule has 102 valence electrons. The average molecular weight is 260 g/mol. The Bertz CT molecular complexity index is 534. The van der Waals surface area contributed by atoms with Crippen molar-refractivity contribution >= 4 is 0 Å². The Morgan fingerprint density at radius 1 is 1.32 bits per heavy atom. The maximum absolute atomic E-state index is 10.5. The Morgan fingerprint density at radius 3 is 2.68 bits per heavy atom. The lowest BCUT2D eigenvalue weighted by Gasteiger charge is -2.14. The van der Waals surface area contributed by atoms with Crippen LogP contribution < -0.4 is 4.74 Å². The van der Waals surface area contributed by atoms with Crippen molar-refractivity contribution in [2.75, 3.05) is 6.61 Å². The molecule has 1 aromatic carbocycles. The van der Waals surface area contributed by atoms with E-state index in [1.807, 2.05) is 42.1 Å². The van der Waals surface area contributed by atoms with Crippen molar-refractivity contribution in [3.63, 3.8) is 0 Å². The van der Waals surface area contributed by atoms with Crippen molar-refractivity contribution in [1.29, 1.82) is 0 Å². The van der Waals surface area contributed by atoms with Gasteiger partial charge in [0.15, 0.2) is 0 Å². The van der Waals surface area contributed by atoms with Gasteiger partial charge in [0.25, 0.3) is 0 Å². The van der Waals surface area contributed by atoms with Gasteiger partial charge in [0.1, 0.15) is 11.9 Å². The van der Waals surface area contributed by atoms with Crippen LogP contribution >= 0.6 is 0 Å². The zero-order chi connectivity index (χ0) is 13.8. The van der Waals surface area contributed by atoms with E-state index in [1.54, 1.807) is 6.20 Å². The maximum atomic E-state index is 10.5. The summed E-state index contributed by atoms with van der Waals surface area (Å²) in [6, 6.07) is 7.83. The van der Waals surface area contributed by atoms with Gasteiger partial charge in [0.05, 0.1) is 12.8 Å². The van der Waals surface area contributed by atoms with Crippen LogP contribution in [0.4, 0.5) is 0 Å². The summed E-state index contributed by atoms with van der Waals surface area (Å²) in [4.78, 5) is 0. The standard InChI is InChI=1S/C15H20N2O2/c1-4-19-14-8-6-5-7-13(14)15(18)12-9-16-17(10-12)11(2)3/h5-11,15,18H,4H2,1-3H3. The molecule has 0 fully saturated rings. The number of hydrogen-bond acceptors (Lipinski definition) is 3. The van der Waals surface area contributed by atoms with Gasteiger partial charge in [-0.3, -0.25) is 4.68 Å². The van der Waals surface area contributed by atoms with Gasteiger partial charge in [-0.1, -0.05) is 18.2 Å². The SMILES string of the molecule is CCOc1ccccc1C(O)c1cnn(C(C)C)c1. The van der Waals surface area contributed by atoms with E-state index in [0.717, 1.165) is 16.9 Å². The van der Waals surface area contributed by atoms with E-state index in [2.05, 4.69) is 18.9 Å². The summed E-state index contributed by atoms with van der Waals surface area (Å²) in [7, 11) is 0. The lowest BCUT2D eigenvalue weighted by Crippen LogP contribution is -2.04. The van der Waals surface area contributed by atoms with E-state index in [9.17, 15) is 5.11 Å². The molecule has 19 heavy (non-hydrogen) atoms. The minimum atomic E-state index is -0.713. The molecule has 1 heterocycles. The predicted octanol–water partition coefficient (Wildman–Crippen LogP) is 2.94. The van der Waals surface area contributed by atoms with Crippen molar-refractivity contribution in [3.05, 3.63) is 47.8 Å². The zero-order valence-electron chi connectivity index (χ0n) is 11.6. The van der Waals surface area contributed by atoms with Gasteiger partial charge < -0.3 is 9.84 Å². The summed E-state index contributed by atoms with van der Waals surface area (Å²) in [5.41, 5.74) is 1.55. The van der Waals surface area contributed by atoms with Crippen molar-refractivity contribution in [2.45, 2.75) is 32.9 Å². The molecule has 1 atom stereocenters. The highest BCUT2D eigenvalue weighted by atomic mass is 16.5. The molecule has 0 bridgehead atoms. The molecule has 0 radical (unpaired) electrons. The molecule has 0 spiro atoms. The summed E-state index contributed by atoms with van der Waals surface area (Å²) in [6.07, 6.45) is 2.86. The van der Waals surface area contributed by atoms with E-state index in [0.29, 0.717) is 6.61 Å². The molecule has 1 N–H and O–H groups in total. The average Bonchev–Trinajstić information content (AvgIpc) is 2.89. The van der Waals surface area contributed by atoms with Crippen LogP contribution in [0, 0.1) is 0 Å². The first-order chi connectivity index (χ1) is 9.13. The molecule has 4 nitrogen and oxygen atoms in total. The van der Waals surface area contributed by atoms with Gasteiger partial charge in [0.2, 0.25) is 0 Å². The molecule has 2 aromatic rings. The Kier molecular flexibility index (Phi) is 4.22. The van der Waals surface area contributed by atoms with Gasteiger partial charge in [-0.2, -0.15) is 5.10 Å². The number of ether oxygens (including phenoxy) is 1. The first-order valence-electron chi connectivity index (χ1n) is 6.57. The number of aromatic nitrogens is 2. The highest BCUT2D eigenvalue weighted by Gasteiger charge is 2.17.